The number of hydrogen-bond donors (Lipinski definition) is 3. The van der Waals surface area contributed by atoms with E-state index in [1.165, 1.54) is 5.38 Å². The van der Waals surface area contributed by atoms with Crippen LogP contribution in [0.3, 0.4) is 0 Å². The molecule has 2 aromatic heterocycles. The first kappa shape index (κ1) is 45.5. The standard InChI is InChI=1S/C37H51N9O10S/c1-35(2,3)53-31(49)28(56-43-29(30(47)48)27-23-57-32(41-27)42-34(51)55-37(7,8)9)22-52-26-14-12-24(13-15-26)25-20-45(46(21-25)19-11-17-40-44-38)18-10-16-39-33(50)54-36(4,5)6/h12-15,20-21,23,28H,10-11,16-19,22H2,1-9H3,(H2-,39,41,42,47,48,50,51)/p+1/b43-29-. The number of aromatic nitrogens is 3. The molecule has 0 radical (unpaired) electrons. The highest BCUT2D eigenvalue weighted by Gasteiger charge is 2.30. The molecule has 2 amide bonds. The third kappa shape index (κ3) is 16.8. The van der Waals surface area contributed by atoms with Crippen LogP contribution in [0.2, 0.25) is 0 Å². The summed E-state index contributed by atoms with van der Waals surface area (Å²) in [6.45, 7) is 17.0. The molecule has 3 aromatic rings. The molecule has 0 aliphatic carbocycles. The predicted octanol–water partition coefficient (Wildman–Crippen LogP) is 6.46. The number of rotatable bonds is 18. The number of nitrogens with zero attached hydrogens (tertiary/aromatic N) is 7. The van der Waals surface area contributed by atoms with Crippen molar-refractivity contribution in [2.45, 2.75) is 111 Å². The summed E-state index contributed by atoms with van der Waals surface area (Å²) in [6, 6.07) is 7.07. The largest absolute Gasteiger partial charge is 0.489 e. The molecular weight excluding hydrogens is 763 g/mol. The highest BCUT2D eigenvalue weighted by Crippen LogP contribution is 2.23. The molecule has 1 aromatic carbocycles. The highest BCUT2D eigenvalue weighted by atomic mass is 32.1. The van der Waals surface area contributed by atoms with Gasteiger partial charge in [-0.15, -0.1) is 16.0 Å². The number of esters is 1. The van der Waals surface area contributed by atoms with Gasteiger partial charge in [0.2, 0.25) is 11.9 Å². The average Bonchev–Trinajstić information content (AvgIpc) is 3.71. The summed E-state index contributed by atoms with van der Waals surface area (Å²) in [5.74, 6) is -1.96. The normalized spacial score (nSPS) is 12.5. The van der Waals surface area contributed by atoms with Gasteiger partial charge in [0.05, 0.1) is 18.3 Å². The maximum Gasteiger partial charge on any atom is 0.413 e. The van der Waals surface area contributed by atoms with E-state index in [-0.39, 0.29) is 17.4 Å². The van der Waals surface area contributed by atoms with Gasteiger partial charge in [-0.2, -0.15) is 4.68 Å². The van der Waals surface area contributed by atoms with Gasteiger partial charge in [0, 0.05) is 29.8 Å². The third-order valence-corrected chi connectivity index (χ3v) is 7.69. The van der Waals surface area contributed by atoms with E-state index >= 15 is 0 Å². The van der Waals surface area contributed by atoms with Crippen molar-refractivity contribution in [1.29, 1.82) is 0 Å². The number of azide groups is 1. The first-order chi connectivity index (χ1) is 26.6. The van der Waals surface area contributed by atoms with Crippen LogP contribution in [0.4, 0.5) is 14.7 Å². The SMILES string of the molecule is CC(C)(C)OC(=O)NCCCn1cc(-c2ccc(OCC(O/N=C(\C(=O)O)c3csc(NC(=O)OC(C)(C)C)n3)C(=O)OC(C)(C)C)cc2)c[n+]1CCCN=[N+]=[N-]. The summed E-state index contributed by atoms with van der Waals surface area (Å²) in [7, 11) is 0. The van der Waals surface area contributed by atoms with Crippen LogP contribution in [0.1, 0.15) is 80.8 Å². The maximum absolute atomic E-state index is 13.1. The minimum Gasteiger partial charge on any atom is -0.489 e. The number of anilines is 1. The number of aliphatic carboxylic acids is 1. The molecule has 0 fully saturated rings. The molecule has 3 N–H and O–H groups in total. The van der Waals surface area contributed by atoms with Gasteiger partial charge in [-0.3, -0.25) is 5.32 Å². The maximum atomic E-state index is 13.1. The zero-order valence-corrected chi connectivity index (χ0v) is 34.5. The van der Waals surface area contributed by atoms with E-state index in [0.29, 0.717) is 44.8 Å². The molecule has 310 valence electrons. The second-order valence-electron chi connectivity index (χ2n) is 15.5. The molecule has 0 saturated carbocycles. The molecule has 0 aliphatic heterocycles. The van der Waals surface area contributed by atoms with E-state index < -0.39 is 52.7 Å². The Morgan fingerprint density at radius 3 is 2.21 bits per heavy atom. The summed E-state index contributed by atoms with van der Waals surface area (Å²) in [4.78, 5) is 61.8. The highest BCUT2D eigenvalue weighted by molar-refractivity contribution is 7.14. The third-order valence-electron chi connectivity index (χ3n) is 6.93. The van der Waals surface area contributed by atoms with Crippen LogP contribution in [-0.4, -0.2) is 87.2 Å². The number of thiazole rings is 1. The van der Waals surface area contributed by atoms with E-state index in [0.717, 1.165) is 22.5 Å². The van der Waals surface area contributed by atoms with Gasteiger partial charge in [0.25, 0.3) is 6.10 Å². The van der Waals surface area contributed by atoms with Crippen molar-refractivity contribution in [3.8, 4) is 16.9 Å². The number of nitrogens with one attached hydrogen (secondary N) is 2. The fourth-order valence-electron chi connectivity index (χ4n) is 4.70. The van der Waals surface area contributed by atoms with Crippen LogP contribution < -0.4 is 20.1 Å². The van der Waals surface area contributed by atoms with Gasteiger partial charge in [-0.1, -0.05) is 22.4 Å². The summed E-state index contributed by atoms with van der Waals surface area (Å²) >= 11 is 0.943. The Hall–Kier alpha value is -5.88. The van der Waals surface area contributed by atoms with Crippen LogP contribution in [0, 0.1) is 0 Å². The van der Waals surface area contributed by atoms with Crippen molar-refractivity contribution in [3.05, 3.63) is 58.2 Å². The minimum absolute atomic E-state index is 0.0629. The summed E-state index contributed by atoms with van der Waals surface area (Å²) < 4.78 is 25.9. The number of carbonyl (C=O) groups excluding carboxylic acids is 3. The molecule has 2 heterocycles. The van der Waals surface area contributed by atoms with Crippen LogP contribution >= 0.6 is 11.3 Å². The molecule has 20 heteroatoms. The quantitative estimate of drug-likeness (QED) is 0.0145. The number of carboxylic acid groups (broad SMARTS) is 1. The van der Waals surface area contributed by atoms with Crippen LogP contribution in [0.25, 0.3) is 21.6 Å². The molecule has 3 rings (SSSR count). The zero-order valence-electron chi connectivity index (χ0n) is 33.7. The van der Waals surface area contributed by atoms with Crippen molar-refractivity contribution in [2.24, 2.45) is 10.3 Å². The molecule has 1 unspecified atom stereocenters. The average molecular weight is 815 g/mol. The van der Waals surface area contributed by atoms with Crippen molar-refractivity contribution in [2.75, 3.05) is 25.0 Å². The van der Waals surface area contributed by atoms with Crippen molar-refractivity contribution < 1.29 is 52.8 Å². The lowest BCUT2D eigenvalue weighted by molar-refractivity contribution is -0.775. The second-order valence-corrected chi connectivity index (χ2v) is 16.4. The smallest absolute Gasteiger partial charge is 0.413 e. The van der Waals surface area contributed by atoms with Crippen LogP contribution in [0.15, 0.2) is 52.3 Å². The van der Waals surface area contributed by atoms with E-state index in [1.807, 2.05) is 33.9 Å². The number of amides is 2. The lowest BCUT2D eigenvalue weighted by Gasteiger charge is -2.23. The zero-order chi connectivity index (χ0) is 42.4. The Balaban J connectivity index is 1.74. The number of oxime groups is 1. The Kier molecular flexibility index (Phi) is 16.2. The summed E-state index contributed by atoms with van der Waals surface area (Å²) in [5, 5.41) is 23.9. The van der Waals surface area contributed by atoms with Crippen molar-refractivity contribution >= 4 is 46.3 Å². The second kappa shape index (κ2) is 20.3. The lowest BCUT2D eigenvalue weighted by atomic mass is 10.1. The number of hydrogen-bond acceptors (Lipinski definition) is 13. The molecule has 57 heavy (non-hydrogen) atoms. The minimum atomic E-state index is -1.49. The Morgan fingerprint density at radius 1 is 0.947 bits per heavy atom. The first-order valence-electron chi connectivity index (χ1n) is 18.1. The number of aryl methyl sites for hydroxylation is 2. The number of alkyl carbamates (subject to hydrolysis) is 1. The fourth-order valence-corrected chi connectivity index (χ4v) is 5.38. The van der Waals surface area contributed by atoms with Gasteiger partial charge in [-0.25, -0.2) is 24.2 Å². The number of carbonyl (C=O) groups is 4. The number of ether oxygens (including phenoxy) is 4. The molecule has 0 aliphatic rings. The number of carboxylic acids is 1. The Labute approximate surface area is 334 Å². The Bertz CT molecular complexity index is 1920. The lowest BCUT2D eigenvalue weighted by Crippen LogP contribution is -2.43. The van der Waals surface area contributed by atoms with Gasteiger partial charge >= 0.3 is 24.1 Å². The predicted molar refractivity (Wildman–Crippen MR) is 210 cm³/mol. The Morgan fingerprint density at radius 2 is 1.60 bits per heavy atom. The van der Waals surface area contributed by atoms with Gasteiger partial charge < -0.3 is 34.2 Å². The van der Waals surface area contributed by atoms with E-state index in [9.17, 15) is 24.3 Å². The fraction of sp³-hybridized carbons (Fsp3) is 0.541. The molecular formula is C37H52N9O10S+. The summed E-state index contributed by atoms with van der Waals surface area (Å²) in [5.41, 5.74) is 7.42. The van der Waals surface area contributed by atoms with Crippen LogP contribution in [-0.2, 0) is 41.7 Å². The monoisotopic (exact) mass is 814 g/mol. The molecule has 0 bridgehead atoms. The van der Waals surface area contributed by atoms with Gasteiger partial charge in [-0.05, 0) is 92.0 Å². The number of benzene rings is 1. The molecule has 0 saturated heterocycles. The van der Waals surface area contributed by atoms with Gasteiger partial charge in [0.1, 0.15) is 34.9 Å². The van der Waals surface area contributed by atoms with E-state index in [4.69, 9.17) is 29.3 Å². The first-order valence-corrected chi connectivity index (χ1v) is 19.0. The van der Waals surface area contributed by atoms with E-state index in [2.05, 4.69) is 30.8 Å². The molecule has 19 nitrogen and oxygen atoms in total. The topological polar surface area (TPSA) is 242 Å². The van der Waals surface area contributed by atoms with Gasteiger partial charge in [0.15, 0.2) is 11.7 Å². The molecule has 0 spiro atoms. The van der Waals surface area contributed by atoms with Crippen molar-refractivity contribution in [1.82, 2.24) is 15.0 Å². The van der Waals surface area contributed by atoms with E-state index in [1.54, 1.807) is 74.4 Å². The molecule has 1 atom stereocenters. The van der Waals surface area contributed by atoms with Crippen molar-refractivity contribution in [3.63, 3.8) is 0 Å². The summed E-state index contributed by atoms with van der Waals surface area (Å²) in [6.07, 6.45) is 2.46. The van der Waals surface area contributed by atoms with Crippen LogP contribution in [0.5, 0.6) is 5.75 Å².